The molecule has 1 unspecified atom stereocenters. The molecule has 4 heteroatoms. The van der Waals surface area contributed by atoms with Gasteiger partial charge in [0.05, 0.1) is 6.42 Å². The van der Waals surface area contributed by atoms with E-state index in [1.54, 1.807) is 0 Å². The standard InChI is InChI=1S/C10H20N2O2/c1-8(2)9-7-12(6-4-11-9)5-3-10(13)14/h8-9,11H,3-7H2,1-2H3,(H,13,14). The van der Waals surface area contributed by atoms with Gasteiger partial charge in [-0.25, -0.2) is 0 Å². The van der Waals surface area contributed by atoms with Gasteiger partial charge in [0.1, 0.15) is 0 Å². The number of nitrogens with one attached hydrogen (secondary N) is 1. The van der Waals surface area contributed by atoms with Gasteiger partial charge >= 0.3 is 5.97 Å². The summed E-state index contributed by atoms with van der Waals surface area (Å²) in [5.41, 5.74) is 0. The molecule has 4 nitrogen and oxygen atoms in total. The van der Waals surface area contributed by atoms with Gasteiger partial charge in [-0.3, -0.25) is 9.69 Å². The van der Waals surface area contributed by atoms with Gasteiger partial charge in [-0.1, -0.05) is 13.8 Å². The van der Waals surface area contributed by atoms with Crippen molar-refractivity contribution in [1.29, 1.82) is 0 Å². The Kier molecular flexibility index (Phi) is 4.35. The summed E-state index contributed by atoms with van der Waals surface area (Å²) in [6.45, 7) is 7.99. The van der Waals surface area contributed by atoms with E-state index in [0.29, 0.717) is 18.5 Å². The van der Waals surface area contributed by atoms with Crippen molar-refractivity contribution in [3.05, 3.63) is 0 Å². The summed E-state index contributed by atoms with van der Waals surface area (Å²) in [5.74, 6) is -0.0905. The molecule has 0 amide bonds. The van der Waals surface area contributed by atoms with E-state index in [1.807, 2.05) is 0 Å². The van der Waals surface area contributed by atoms with Crippen molar-refractivity contribution in [2.45, 2.75) is 26.3 Å². The molecule has 0 aromatic rings. The molecule has 1 saturated heterocycles. The molecule has 1 fully saturated rings. The Hall–Kier alpha value is -0.610. The molecule has 1 aliphatic heterocycles. The lowest BCUT2D eigenvalue weighted by Gasteiger charge is -2.35. The monoisotopic (exact) mass is 200 g/mol. The smallest absolute Gasteiger partial charge is 0.304 e. The minimum Gasteiger partial charge on any atom is -0.481 e. The second kappa shape index (κ2) is 5.32. The van der Waals surface area contributed by atoms with Gasteiger partial charge in [-0.15, -0.1) is 0 Å². The molecule has 1 rings (SSSR count). The third kappa shape index (κ3) is 3.64. The van der Waals surface area contributed by atoms with Gasteiger partial charge in [0, 0.05) is 32.2 Å². The SMILES string of the molecule is CC(C)C1CN(CCC(=O)O)CCN1. The summed E-state index contributed by atoms with van der Waals surface area (Å²) in [6, 6.07) is 0.512. The fraction of sp³-hybridized carbons (Fsp3) is 0.900. The molecule has 1 atom stereocenters. The summed E-state index contributed by atoms with van der Waals surface area (Å²) in [6.07, 6.45) is 0.255. The number of aliphatic carboxylic acids is 1. The Morgan fingerprint density at radius 2 is 2.36 bits per heavy atom. The van der Waals surface area contributed by atoms with Gasteiger partial charge in [-0.05, 0) is 5.92 Å². The first kappa shape index (κ1) is 11.5. The molecule has 0 radical (unpaired) electrons. The van der Waals surface area contributed by atoms with Crippen LogP contribution in [0.15, 0.2) is 0 Å². The second-order valence-corrected chi connectivity index (χ2v) is 4.25. The molecule has 1 heterocycles. The number of carboxylic acids is 1. The molecule has 82 valence electrons. The number of hydrogen-bond donors (Lipinski definition) is 2. The Morgan fingerprint density at radius 3 is 2.93 bits per heavy atom. The van der Waals surface area contributed by atoms with Crippen molar-refractivity contribution in [1.82, 2.24) is 10.2 Å². The van der Waals surface area contributed by atoms with Crippen molar-refractivity contribution in [3.63, 3.8) is 0 Å². The van der Waals surface area contributed by atoms with Gasteiger partial charge in [0.15, 0.2) is 0 Å². The number of carboxylic acid groups (broad SMARTS) is 1. The highest BCUT2D eigenvalue weighted by molar-refractivity contribution is 5.66. The predicted octanol–water partition coefficient (Wildman–Crippen LogP) is 0.391. The van der Waals surface area contributed by atoms with Crippen LogP contribution in [-0.4, -0.2) is 48.2 Å². The quantitative estimate of drug-likeness (QED) is 0.689. The van der Waals surface area contributed by atoms with Crippen molar-refractivity contribution < 1.29 is 9.90 Å². The third-order valence-electron chi connectivity index (χ3n) is 2.74. The van der Waals surface area contributed by atoms with Gasteiger partial charge in [0.2, 0.25) is 0 Å². The van der Waals surface area contributed by atoms with Crippen LogP contribution in [0.1, 0.15) is 20.3 Å². The fourth-order valence-electron chi connectivity index (χ4n) is 1.75. The number of rotatable bonds is 4. The highest BCUT2D eigenvalue weighted by atomic mass is 16.4. The molecule has 2 N–H and O–H groups in total. The second-order valence-electron chi connectivity index (χ2n) is 4.25. The van der Waals surface area contributed by atoms with Crippen LogP contribution in [0.25, 0.3) is 0 Å². The molecular formula is C10H20N2O2. The number of carbonyl (C=O) groups is 1. The Morgan fingerprint density at radius 1 is 1.64 bits per heavy atom. The van der Waals surface area contributed by atoms with Crippen molar-refractivity contribution in [2.75, 3.05) is 26.2 Å². The first-order valence-corrected chi connectivity index (χ1v) is 5.27. The maximum absolute atomic E-state index is 10.4. The zero-order chi connectivity index (χ0) is 10.6. The topological polar surface area (TPSA) is 52.6 Å². The van der Waals surface area contributed by atoms with Crippen LogP contribution < -0.4 is 5.32 Å². The van der Waals surface area contributed by atoms with Gasteiger partial charge in [0.25, 0.3) is 0 Å². The zero-order valence-electron chi connectivity index (χ0n) is 8.99. The molecule has 0 aromatic carbocycles. The molecule has 14 heavy (non-hydrogen) atoms. The van der Waals surface area contributed by atoms with Crippen LogP contribution >= 0.6 is 0 Å². The van der Waals surface area contributed by atoms with Gasteiger partial charge in [-0.2, -0.15) is 0 Å². The average molecular weight is 200 g/mol. The van der Waals surface area contributed by atoms with Crippen LogP contribution in [0.4, 0.5) is 0 Å². The molecule has 0 bridgehead atoms. The predicted molar refractivity (Wildman–Crippen MR) is 55.3 cm³/mol. The molecule has 0 aromatic heterocycles. The van der Waals surface area contributed by atoms with Crippen molar-refractivity contribution >= 4 is 5.97 Å². The Labute approximate surface area is 85.3 Å². The van der Waals surface area contributed by atoms with E-state index in [0.717, 1.165) is 19.6 Å². The third-order valence-corrected chi connectivity index (χ3v) is 2.74. The summed E-state index contributed by atoms with van der Waals surface area (Å²) in [5, 5.41) is 12.0. The molecule has 0 saturated carbocycles. The van der Waals surface area contributed by atoms with Crippen LogP contribution in [0, 0.1) is 5.92 Å². The number of piperazine rings is 1. The van der Waals surface area contributed by atoms with Crippen molar-refractivity contribution in [3.8, 4) is 0 Å². The van der Waals surface area contributed by atoms with Crippen LogP contribution in [0.2, 0.25) is 0 Å². The normalized spacial score (nSPS) is 24.1. The fourth-order valence-corrected chi connectivity index (χ4v) is 1.75. The molecule has 0 aliphatic carbocycles. The van der Waals surface area contributed by atoms with E-state index >= 15 is 0 Å². The van der Waals surface area contributed by atoms with Crippen LogP contribution in [-0.2, 0) is 4.79 Å². The largest absolute Gasteiger partial charge is 0.481 e. The molecular weight excluding hydrogens is 180 g/mol. The van der Waals surface area contributed by atoms with Gasteiger partial charge < -0.3 is 10.4 Å². The lowest BCUT2D eigenvalue weighted by molar-refractivity contribution is -0.137. The Bertz CT molecular complexity index is 195. The van der Waals surface area contributed by atoms with Crippen LogP contribution in [0.5, 0.6) is 0 Å². The summed E-state index contributed by atoms with van der Waals surface area (Å²) >= 11 is 0. The molecule has 1 aliphatic rings. The first-order valence-electron chi connectivity index (χ1n) is 5.27. The highest BCUT2D eigenvalue weighted by Crippen LogP contribution is 2.08. The maximum atomic E-state index is 10.4. The first-order chi connectivity index (χ1) is 6.59. The molecule has 0 spiro atoms. The van der Waals surface area contributed by atoms with Crippen molar-refractivity contribution in [2.24, 2.45) is 5.92 Å². The average Bonchev–Trinajstić information content (AvgIpc) is 2.15. The summed E-state index contributed by atoms with van der Waals surface area (Å²) < 4.78 is 0. The van der Waals surface area contributed by atoms with E-state index in [9.17, 15) is 4.79 Å². The Balaban J connectivity index is 2.29. The van der Waals surface area contributed by atoms with Crippen LogP contribution in [0.3, 0.4) is 0 Å². The lowest BCUT2D eigenvalue weighted by atomic mass is 10.0. The zero-order valence-corrected chi connectivity index (χ0v) is 8.99. The number of hydrogen-bond acceptors (Lipinski definition) is 3. The maximum Gasteiger partial charge on any atom is 0.304 e. The lowest BCUT2D eigenvalue weighted by Crippen LogP contribution is -2.53. The van der Waals surface area contributed by atoms with E-state index < -0.39 is 5.97 Å². The van der Waals surface area contributed by atoms with E-state index in [4.69, 9.17) is 5.11 Å². The summed E-state index contributed by atoms with van der Waals surface area (Å²) in [7, 11) is 0. The van der Waals surface area contributed by atoms with E-state index in [1.165, 1.54) is 0 Å². The minimum absolute atomic E-state index is 0.255. The minimum atomic E-state index is -0.704. The highest BCUT2D eigenvalue weighted by Gasteiger charge is 2.21. The summed E-state index contributed by atoms with van der Waals surface area (Å²) in [4.78, 5) is 12.6. The number of nitrogens with zero attached hydrogens (tertiary/aromatic N) is 1. The van der Waals surface area contributed by atoms with E-state index in [-0.39, 0.29) is 6.42 Å². The van der Waals surface area contributed by atoms with E-state index in [2.05, 4.69) is 24.1 Å².